The van der Waals surface area contributed by atoms with Gasteiger partial charge in [-0.2, -0.15) is 0 Å². The quantitative estimate of drug-likeness (QED) is 0.534. The molecule has 14 heavy (non-hydrogen) atoms. The van der Waals surface area contributed by atoms with E-state index in [9.17, 15) is 0 Å². The fourth-order valence-electron chi connectivity index (χ4n) is 3.29. The third-order valence-corrected chi connectivity index (χ3v) is 3.86. The maximum atomic E-state index is 2.64. The Morgan fingerprint density at radius 3 is 1.43 bits per heavy atom. The Morgan fingerprint density at radius 1 is 0.643 bits per heavy atom. The second kappa shape index (κ2) is 3.17. The van der Waals surface area contributed by atoms with E-state index in [1.54, 1.807) is 0 Å². The summed E-state index contributed by atoms with van der Waals surface area (Å²) in [6.07, 6.45) is 1.53. The molecule has 4 nitrogen and oxygen atoms in total. The SMILES string of the molecule is C1CN2CCN3C2C2N1CCN23.CC. The molecule has 80 valence electrons. The molecule has 0 saturated carbocycles. The molecule has 0 aromatic rings. The fourth-order valence-corrected chi connectivity index (χ4v) is 3.29. The highest BCUT2D eigenvalue weighted by atomic mass is 15.9. The third kappa shape index (κ3) is 0.922. The van der Waals surface area contributed by atoms with Crippen molar-refractivity contribution in [2.45, 2.75) is 26.2 Å². The van der Waals surface area contributed by atoms with Gasteiger partial charge in [0.15, 0.2) is 0 Å². The van der Waals surface area contributed by atoms with E-state index >= 15 is 0 Å². The van der Waals surface area contributed by atoms with Crippen molar-refractivity contribution in [1.82, 2.24) is 19.8 Å². The molecule has 0 amide bonds. The van der Waals surface area contributed by atoms with Gasteiger partial charge in [-0.05, 0) is 0 Å². The first kappa shape index (κ1) is 9.09. The van der Waals surface area contributed by atoms with Crippen LogP contribution >= 0.6 is 0 Å². The fraction of sp³-hybridized carbons (Fsp3) is 1.00. The Bertz CT molecular complexity index is 208. The van der Waals surface area contributed by atoms with Crippen LogP contribution in [-0.4, -0.2) is 71.4 Å². The Morgan fingerprint density at radius 2 is 1.00 bits per heavy atom. The van der Waals surface area contributed by atoms with Gasteiger partial charge in [-0.15, -0.1) is 0 Å². The number of hydrazine groups is 1. The maximum absolute atomic E-state index is 2.64. The zero-order valence-corrected chi connectivity index (χ0v) is 9.19. The van der Waals surface area contributed by atoms with Crippen LogP contribution in [0.4, 0.5) is 0 Å². The van der Waals surface area contributed by atoms with E-state index in [2.05, 4.69) is 19.8 Å². The molecule has 0 spiro atoms. The van der Waals surface area contributed by atoms with Crippen LogP contribution in [0, 0.1) is 0 Å². The van der Waals surface area contributed by atoms with Crippen molar-refractivity contribution in [3.8, 4) is 0 Å². The van der Waals surface area contributed by atoms with Crippen LogP contribution in [-0.2, 0) is 0 Å². The van der Waals surface area contributed by atoms with Crippen LogP contribution in [0.15, 0.2) is 0 Å². The summed E-state index contributed by atoms with van der Waals surface area (Å²) in [5.74, 6) is 0. The van der Waals surface area contributed by atoms with Gasteiger partial charge in [0.2, 0.25) is 0 Å². The molecular formula is C10H20N4. The number of piperazine rings is 1. The van der Waals surface area contributed by atoms with Gasteiger partial charge in [0.1, 0.15) is 12.3 Å². The van der Waals surface area contributed by atoms with Gasteiger partial charge in [-0.25, -0.2) is 10.0 Å². The van der Waals surface area contributed by atoms with Crippen molar-refractivity contribution in [1.29, 1.82) is 0 Å². The summed E-state index contributed by atoms with van der Waals surface area (Å²) >= 11 is 0. The summed E-state index contributed by atoms with van der Waals surface area (Å²) in [5.41, 5.74) is 0. The average Bonchev–Trinajstić information content (AvgIpc) is 2.77. The molecule has 0 N–H and O–H groups in total. The molecule has 0 aliphatic carbocycles. The molecule has 0 radical (unpaired) electrons. The topological polar surface area (TPSA) is 13.0 Å². The summed E-state index contributed by atoms with van der Waals surface area (Å²) in [6.45, 7) is 11.7. The van der Waals surface area contributed by atoms with E-state index in [0.717, 1.165) is 12.3 Å². The second-order valence-electron chi connectivity index (χ2n) is 4.23. The highest BCUT2D eigenvalue weighted by molar-refractivity contribution is 5.05. The lowest BCUT2D eigenvalue weighted by atomic mass is 10.2. The number of fused-ring (bicyclic) bond motifs is 1. The van der Waals surface area contributed by atoms with Crippen LogP contribution in [0.2, 0.25) is 0 Å². The van der Waals surface area contributed by atoms with Crippen LogP contribution < -0.4 is 0 Å². The molecule has 4 fully saturated rings. The Labute approximate surface area is 86.0 Å². The summed E-state index contributed by atoms with van der Waals surface area (Å²) in [5, 5.41) is 5.12. The molecule has 4 saturated heterocycles. The zero-order chi connectivity index (χ0) is 9.71. The van der Waals surface area contributed by atoms with E-state index in [1.807, 2.05) is 13.8 Å². The highest BCUT2D eigenvalue weighted by Crippen LogP contribution is 2.40. The molecule has 0 bridgehead atoms. The number of hydrogen-bond donors (Lipinski definition) is 0. The largest absolute Gasteiger partial charge is 0.282 e. The van der Waals surface area contributed by atoms with Gasteiger partial charge in [0, 0.05) is 39.3 Å². The minimum Gasteiger partial charge on any atom is -0.282 e. The van der Waals surface area contributed by atoms with E-state index in [4.69, 9.17) is 0 Å². The predicted molar refractivity (Wildman–Crippen MR) is 55.5 cm³/mol. The van der Waals surface area contributed by atoms with Crippen molar-refractivity contribution in [3.63, 3.8) is 0 Å². The molecule has 0 aromatic heterocycles. The molecule has 2 atom stereocenters. The molecule has 0 aromatic carbocycles. The van der Waals surface area contributed by atoms with Crippen molar-refractivity contribution >= 4 is 0 Å². The molecule has 4 rings (SSSR count). The third-order valence-electron chi connectivity index (χ3n) is 3.86. The van der Waals surface area contributed by atoms with Crippen LogP contribution in [0.25, 0.3) is 0 Å². The van der Waals surface area contributed by atoms with Gasteiger partial charge in [0.25, 0.3) is 0 Å². The Balaban J connectivity index is 0.000000303. The lowest BCUT2D eigenvalue weighted by Crippen LogP contribution is -2.75. The Kier molecular flexibility index (Phi) is 2.06. The molecular weight excluding hydrogens is 176 g/mol. The van der Waals surface area contributed by atoms with Crippen molar-refractivity contribution in [2.24, 2.45) is 0 Å². The predicted octanol–water partition coefficient (Wildman–Crippen LogP) is -0.158. The molecule has 4 heterocycles. The normalized spacial score (nSPS) is 41.6. The van der Waals surface area contributed by atoms with Gasteiger partial charge in [-0.1, -0.05) is 13.8 Å². The highest BCUT2D eigenvalue weighted by Gasteiger charge is 2.59. The van der Waals surface area contributed by atoms with Gasteiger partial charge >= 0.3 is 0 Å². The second-order valence-corrected chi connectivity index (χ2v) is 4.23. The van der Waals surface area contributed by atoms with Gasteiger partial charge in [-0.3, -0.25) is 9.80 Å². The van der Waals surface area contributed by atoms with E-state index in [-0.39, 0.29) is 0 Å². The lowest BCUT2D eigenvalue weighted by molar-refractivity contribution is -0.246. The minimum absolute atomic E-state index is 0.765. The first-order valence-electron chi connectivity index (χ1n) is 5.96. The number of nitrogens with zero attached hydrogens (tertiary/aromatic N) is 4. The van der Waals surface area contributed by atoms with E-state index in [1.165, 1.54) is 39.3 Å². The van der Waals surface area contributed by atoms with Gasteiger partial charge in [0.05, 0.1) is 0 Å². The molecule has 4 aliphatic rings. The molecule has 2 unspecified atom stereocenters. The minimum atomic E-state index is 0.765. The average molecular weight is 196 g/mol. The summed E-state index contributed by atoms with van der Waals surface area (Å²) in [4.78, 5) is 5.28. The van der Waals surface area contributed by atoms with Crippen LogP contribution in [0.3, 0.4) is 0 Å². The first-order chi connectivity index (χ1) is 6.95. The molecule has 4 aliphatic heterocycles. The van der Waals surface area contributed by atoms with E-state index in [0.29, 0.717) is 0 Å². The van der Waals surface area contributed by atoms with Crippen molar-refractivity contribution in [2.75, 3.05) is 39.3 Å². The van der Waals surface area contributed by atoms with Crippen molar-refractivity contribution < 1.29 is 0 Å². The van der Waals surface area contributed by atoms with Crippen LogP contribution in [0.1, 0.15) is 13.8 Å². The van der Waals surface area contributed by atoms with Gasteiger partial charge < -0.3 is 0 Å². The summed E-state index contributed by atoms with van der Waals surface area (Å²) in [6, 6.07) is 0. The van der Waals surface area contributed by atoms with Crippen molar-refractivity contribution in [3.05, 3.63) is 0 Å². The standard InChI is InChI=1S/C8H14N4.C2H6/c1-2-10-4-6-12-8(10)7-9(1)3-5-11(7)12;1-2/h7-8H,1-6H2;1-2H3. The number of rotatable bonds is 0. The van der Waals surface area contributed by atoms with E-state index < -0.39 is 0 Å². The zero-order valence-electron chi connectivity index (χ0n) is 9.19. The lowest BCUT2D eigenvalue weighted by Gasteiger charge is -2.57. The number of hydrogen-bond acceptors (Lipinski definition) is 4. The molecule has 4 heteroatoms. The maximum Gasteiger partial charge on any atom is 0.107 e. The summed E-state index contributed by atoms with van der Waals surface area (Å²) < 4.78 is 0. The summed E-state index contributed by atoms with van der Waals surface area (Å²) in [7, 11) is 0. The smallest absolute Gasteiger partial charge is 0.107 e. The first-order valence-corrected chi connectivity index (χ1v) is 5.96. The monoisotopic (exact) mass is 196 g/mol. The Hall–Kier alpha value is -0.160. The van der Waals surface area contributed by atoms with Crippen LogP contribution in [0.5, 0.6) is 0 Å².